The van der Waals surface area contributed by atoms with Gasteiger partial charge in [-0.15, -0.1) is 0 Å². The summed E-state index contributed by atoms with van der Waals surface area (Å²) in [4.78, 5) is 19.5. The van der Waals surface area contributed by atoms with E-state index in [1.165, 1.54) is 38.8 Å². The van der Waals surface area contributed by atoms with Gasteiger partial charge in [0.1, 0.15) is 5.52 Å². The molecule has 1 amide bonds. The molecule has 4 heterocycles. The van der Waals surface area contributed by atoms with Crippen molar-refractivity contribution < 1.29 is 9.21 Å². The van der Waals surface area contributed by atoms with Gasteiger partial charge >= 0.3 is 5.91 Å². The summed E-state index contributed by atoms with van der Waals surface area (Å²) in [6, 6.07) is 7.76. The van der Waals surface area contributed by atoms with Gasteiger partial charge in [0.15, 0.2) is 5.58 Å². The number of aromatic nitrogens is 1. The first-order chi connectivity index (χ1) is 10.8. The molecule has 0 unspecified atom stereocenters. The first kappa shape index (κ1) is 12.6. The first-order valence-corrected chi connectivity index (χ1v) is 8.18. The van der Waals surface area contributed by atoms with Gasteiger partial charge in [0.05, 0.1) is 6.04 Å². The monoisotopic (exact) mass is 297 g/mol. The van der Waals surface area contributed by atoms with Gasteiger partial charge in [-0.1, -0.05) is 12.1 Å². The minimum absolute atomic E-state index is 0.166. The summed E-state index contributed by atoms with van der Waals surface area (Å²) in [6.07, 6.45) is 4.81. The molecule has 2 aromatic rings. The second-order valence-corrected chi connectivity index (χ2v) is 6.87. The molecule has 4 fully saturated rings. The number of piperidine rings is 3. The van der Waals surface area contributed by atoms with Crippen LogP contribution in [0.3, 0.4) is 0 Å². The Hall–Kier alpha value is -1.88. The molecule has 0 radical (unpaired) electrons. The van der Waals surface area contributed by atoms with E-state index in [1.54, 1.807) is 0 Å². The zero-order chi connectivity index (χ0) is 14.7. The van der Waals surface area contributed by atoms with Crippen molar-refractivity contribution in [3.8, 4) is 0 Å². The van der Waals surface area contributed by atoms with Gasteiger partial charge in [-0.25, -0.2) is 4.98 Å². The molecule has 1 aromatic heterocycles. The average molecular weight is 297 g/mol. The fraction of sp³-hybridized carbons (Fsp3) is 0.529. The summed E-state index contributed by atoms with van der Waals surface area (Å²) in [6.45, 7) is 2.39. The van der Waals surface area contributed by atoms with Gasteiger partial charge in [-0.05, 0) is 56.8 Å². The zero-order valence-electron chi connectivity index (χ0n) is 12.4. The number of hydrogen-bond donors (Lipinski definition) is 1. The molecule has 1 saturated carbocycles. The summed E-state index contributed by atoms with van der Waals surface area (Å²) in [5.41, 5.74) is 1.65. The number of nitrogens with one attached hydrogen (secondary N) is 1. The molecule has 1 atom stereocenters. The maximum atomic E-state index is 12.6. The Bertz CT molecular complexity index is 708. The fourth-order valence-electron chi connectivity index (χ4n) is 4.49. The highest BCUT2D eigenvalue weighted by Gasteiger charge is 2.60. The number of carbonyl (C=O) groups excluding carboxylic acids is 1. The highest BCUT2D eigenvalue weighted by atomic mass is 16.4. The number of nitrogens with zero attached hydrogens (tertiary/aromatic N) is 2. The van der Waals surface area contributed by atoms with Crippen molar-refractivity contribution in [1.29, 1.82) is 0 Å². The Morgan fingerprint density at radius 2 is 2.05 bits per heavy atom. The Morgan fingerprint density at radius 3 is 2.77 bits per heavy atom. The number of hydrogen-bond acceptors (Lipinski definition) is 4. The number of oxazole rings is 1. The van der Waals surface area contributed by atoms with Crippen LogP contribution in [0.1, 0.15) is 36.4 Å². The summed E-state index contributed by atoms with van der Waals surface area (Å²) < 4.78 is 5.60. The van der Waals surface area contributed by atoms with Crippen molar-refractivity contribution in [2.75, 3.05) is 13.1 Å². The maximum Gasteiger partial charge on any atom is 0.307 e. The number of benzene rings is 1. The largest absolute Gasteiger partial charge is 0.432 e. The molecule has 4 aliphatic rings. The van der Waals surface area contributed by atoms with Crippen LogP contribution in [0.5, 0.6) is 0 Å². The van der Waals surface area contributed by atoms with Gasteiger partial charge in [0, 0.05) is 5.54 Å². The second-order valence-electron chi connectivity index (χ2n) is 6.87. The third kappa shape index (κ3) is 1.69. The topological polar surface area (TPSA) is 58.4 Å². The number of para-hydroxylation sites is 2. The molecule has 1 aromatic carbocycles. The lowest BCUT2D eigenvalue weighted by atomic mass is 9.77. The van der Waals surface area contributed by atoms with Crippen LogP contribution >= 0.6 is 0 Å². The Kier molecular flexibility index (Phi) is 2.48. The van der Waals surface area contributed by atoms with Crippen molar-refractivity contribution in [3.63, 3.8) is 0 Å². The van der Waals surface area contributed by atoms with E-state index in [0.29, 0.717) is 11.5 Å². The van der Waals surface area contributed by atoms with Gasteiger partial charge in [-0.2, -0.15) is 0 Å². The predicted octanol–water partition coefficient (Wildman–Crippen LogP) is 2.18. The van der Waals surface area contributed by atoms with E-state index in [-0.39, 0.29) is 23.4 Å². The van der Waals surface area contributed by atoms with E-state index < -0.39 is 0 Å². The Balaban J connectivity index is 1.42. The van der Waals surface area contributed by atoms with Crippen LogP contribution in [0, 0.1) is 5.92 Å². The molecule has 6 rings (SSSR count). The van der Waals surface area contributed by atoms with Gasteiger partial charge in [-0.3, -0.25) is 9.69 Å². The molecular weight excluding hydrogens is 278 g/mol. The van der Waals surface area contributed by atoms with Crippen molar-refractivity contribution in [3.05, 3.63) is 30.2 Å². The fourth-order valence-corrected chi connectivity index (χ4v) is 4.49. The Labute approximate surface area is 128 Å². The number of carbonyl (C=O) groups is 1. The van der Waals surface area contributed by atoms with E-state index >= 15 is 0 Å². The second kappa shape index (κ2) is 4.32. The lowest BCUT2D eigenvalue weighted by Crippen LogP contribution is -2.65. The molecule has 5 heteroatoms. The predicted molar refractivity (Wildman–Crippen MR) is 81.5 cm³/mol. The van der Waals surface area contributed by atoms with Crippen LogP contribution in [0.25, 0.3) is 11.1 Å². The van der Waals surface area contributed by atoms with E-state index in [4.69, 9.17) is 4.42 Å². The lowest BCUT2D eigenvalue weighted by Gasteiger charge is -2.52. The molecule has 3 saturated heterocycles. The molecule has 1 spiro atoms. The molecule has 1 aliphatic carbocycles. The van der Waals surface area contributed by atoms with Crippen LogP contribution in [-0.2, 0) is 0 Å². The molecule has 2 bridgehead atoms. The first-order valence-electron chi connectivity index (χ1n) is 8.18. The zero-order valence-corrected chi connectivity index (χ0v) is 12.4. The quantitative estimate of drug-likeness (QED) is 0.923. The highest BCUT2D eigenvalue weighted by molar-refractivity contribution is 5.92. The summed E-state index contributed by atoms with van der Waals surface area (Å²) >= 11 is 0. The molecule has 5 nitrogen and oxygen atoms in total. The molecule has 114 valence electrons. The van der Waals surface area contributed by atoms with Gasteiger partial charge < -0.3 is 9.73 Å². The molecule has 3 aliphatic heterocycles. The normalized spacial score (nSPS) is 31.5. The number of fused-ring (bicyclic) bond motifs is 3. The Morgan fingerprint density at radius 1 is 1.27 bits per heavy atom. The third-order valence-corrected chi connectivity index (χ3v) is 5.76. The van der Waals surface area contributed by atoms with E-state index in [1.807, 2.05) is 24.3 Å². The highest BCUT2D eigenvalue weighted by Crippen LogP contribution is 2.53. The van der Waals surface area contributed by atoms with Gasteiger partial charge in [0.2, 0.25) is 0 Å². The van der Waals surface area contributed by atoms with E-state index in [9.17, 15) is 4.79 Å². The SMILES string of the molecule is O=C(N[C@H]1C2CCN(CC2)C12CC2)c1nc2ccccc2o1. The number of amides is 1. The van der Waals surface area contributed by atoms with Crippen molar-refractivity contribution >= 4 is 17.0 Å². The maximum absolute atomic E-state index is 12.6. The van der Waals surface area contributed by atoms with Crippen molar-refractivity contribution in [1.82, 2.24) is 15.2 Å². The number of rotatable bonds is 2. The van der Waals surface area contributed by atoms with Crippen LogP contribution < -0.4 is 5.32 Å². The minimum atomic E-state index is -0.166. The van der Waals surface area contributed by atoms with E-state index in [2.05, 4.69) is 15.2 Å². The smallest absolute Gasteiger partial charge is 0.307 e. The standard InChI is InChI=1S/C17H19N3O2/c21-15(16-18-12-3-1-2-4-13(12)22-16)19-14-11-5-9-20(10-6-11)17(14)7-8-17/h1-4,11,14H,5-10H2,(H,19,21)/t14-/m0/s1. The van der Waals surface area contributed by atoms with Gasteiger partial charge in [0.25, 0.3) is 5.89 Å². The average Bonchev–Trinajstić information content (AvgIpc) is 3.20. The summed E-state index contributed by atoms with van der Waals surface area (Å²) in [5.74, 6) is 0.635. The minimum Gasteiger partial charge on any atom is -0.432 e. The summed E-state index contributed by atoms with van der Waals surface area (Å²) in [5, 5.41) is 3.24. The lowest BCUT2D eigenvalue weighted by molar-refractivity contribution is -0.00193. The van der Waals surface area contributed by atoms with Crippen LogP contribution in [-0.4, -0.2) is 40.5 Å². The van der Waals surface area contributed by atoms with Crippen molar-refractivity contribution in [2.24, 2.45) is 5.92 Å². The van der Waals surface area contributed by atoms with Crippen LogP contribution in [0.15, 0.2) is 28.7 Å². The van der Waals surface area contributed by atoms with Crippen LogP contribution in [0.2, 0.25) is 0 Å². The van der Waals surface area contributed by atoms with Crippen LogP contribution in [0.4, 0.5) is 0 Å². The van der Waals surface area contributed by atoms with Crippen molar-refractivity contribution in [2.45, 2.75) is 37.3 Å². The third-order valence-electron chi connectivity index (χ3n) is 5.76. The van der Waals surface area contributed by atoms with E-state index in [0.717, 1.165) is 5.52 Å². The molecule has 22 heavy (non-hydrogen) atoms. The summed E-state index contributed by atoms with van der Waals surface area (Å²) in [7, 11) is 0. The molecule has 1 N–H and O–H groups in total. The molecular formula is C17H19N3O2.